The molecule has 0 heterocycles. The molecule has 0 radical (unpaired) electrons. The number of rotatable bonds is 2. The first-order valence-corrected chi connectivity index (χ1v) is 1.77. The van der Waals surface area contributed by atoms with Crippen molar-refractivity contribution in [1.82, 2.24) is 0 Å². The van der Waals surface area contributed by atoms with Gasteiger partial charge >= 0.3 is 34.0 Å². The molecule has 6 heavy (non-hydrogen) atoms. The second-order valence-electron chi connectivity index (χ2n) is 0.361. The van der Waals surface area contributed by atoms with Crippen LogP contribution in [0.15, 0.2) is 10.1 Å². The predicted molar refractivity (Wildman–Crippen MR) is 18.5 cm³/mol. The topological polar surface area (TPSA) is 79.7 Å². The van der Waals surface area contributed by atoms with Crippen molar-refractivity contribution in [3.63, 3.8) is 0 Å². The van der Waals surface area contributed by atoms with Crippen molar-refractivity contribution in [1.29, 1.82) is 5.53 Å². The Morgan fingerprint density at radius 2 is 2.50 bits per heavy atom. The Balaban J connectivity index is 3.07. The third-order valence-corrected chi connectivity index (χ3v) is 0.274. The van der Waals surface area contributed by atoms with Crippen LogP contribution < -0.4 is 0 Å². The van der Waals surface area contributed by atoms with Gasteiger partial charge in [0.25, 0.3) is 0 Å². The van der Waals surface area contributed by atoms with Gasteiger partial charge in [-0.25, -0.2) is 0 Å². The van der Waals surface area contributed by atoms with Crippen LogP contribution in [-0.4, -0.2) is 0 Å². The number of nitrogens with one attached hydrogen (secondary N) is 1. The monoisotopic (exact) mass is 104 g/mol. The number of nitrogens with zero attached hydrogens (tertiary/aromatic N) is 3. The molecular formula is HN4OP. The molecular weight excluding hydrogens is 103 g/mol. The fraction of sp³-hybridized carbons (Fsp3) is 0. The summed E-state index contributed by atoms with van der Waals surface area (Å²) in [5.41, 5.74) is 8.61. The molecule has 0 aromatic carbocycles. The van der Waals surface area contributed by atoms with E-state index < -0.39 is 8.25 Å². The van der Waals surface area contributed by atoms with Crippen LogP contribution in [0.2, 0.25) is 0 Å². The number of hydrogen-bond acceptors (Lipinski definition) is 4. The minimum atomic E-state index is -0.460. The second kappa shape index (κ2) is 4.43. The summed E-state index contributed by atoms with van der Waals surface area (Å²) in [6.45, 7) is 0. The predicted octanol–water partition coefficient (Wildman–Crippen LogP) is 1.70. The Kier molecular flexibility index (Phi) is 4.01. The first-order valence-electron chi connectivity index (χ1n) is 1.01. The van der Waals surface area contributed by atoms with Gasteiger partial charge in [0.05, 0.1) is 0 Å². The standard InChI is InChI=1S/HN4OP/c1-2-3-4-6-5/h(H-,1,3). The van der Waals surface area contributed by atoms with Crippen LogP contribution in [0.25, 0.3) is 5.53 Å². The molecule has 0 saturated heterocycles. The summed E-state index contributed by atoms with van der Waals surface area (Å²) in [6, 6.07) is 0. The van der Waals surface area contributed by atoms with Crippen molar-refractivity contribution in [2.75, 3.05) is 0 Å². The van der Waals surface area contributed by atoms with E-state index in [4.69, 9.17) is 5.53 Å². The summed E-state index contributed by atoms with van der Waals surface area (Å²) < 4.78 is 9.26. The molecule has 0 fully saturated rings. The van der Waals surface area contributed by atoms with E-state index >= 15 is 0 Å². The average Bonchev–Trinajstić information content (AvgIpc) is 1.61. The van der Waals surface area contributed by atoms with Gasteiger partial charge < -0.3 is 0 Å². The van der Waals surface area contributed by atoms with Crippen molar-refractivity contribution >= 4 is 8.25 Å². The molecule has 0 aliphatic carbocycles. The molecule has 32 valence electrons. The van der Waals surface area contributed by atoms with E-state index in [-0.39, 0.29) is 0 Å². The number of hydrogen-bond donors (Lipinski definition) is 1. The van der Waals surface area contributed by atoms with Crippen LogP contribution in [0.1, 0.15) is 0 Å². The second-order valence-corrected chi connectivity index (χ2v) is 0.703. The molecule has 0 spiro atoms. The van der Waals surface area contributed by atoms with E-state index in [1.807, 2.05) is 0 Å². The minimum absolute atomic E-state index is 0.460. The Hall–Kier alpha value is -0.570. The summed E-state index contributed by atoms with van der Waals surface area (Å²) in [7, 11) is -0.460. The van der Waals surface area contributed by atoms with E-state index in [9.17, 15) is 4.57 Å². The molecule has 6 heteroatoms. The van der Waals surface area contributed by atoms with E-state index in [0.29, 0.717) is 0 Å². The van der Waals surface area contributed by atoms with E-state index in [0.717, 1.165) is 0 Å². The van der Waals surface area contributed by atoms with E-state index in [1.165, 1.54) is 0 Å². The van der Waals surface area contributed by atoms with E-state index in [1.54, 1.807) is 0 Å². The fourth-order valence-electron chi connectivity index (χ4n) is 0.0363. The zero-order chi connectivity index (χ0) is 4.83. The first kappa shape index (κ1) is 5.43. The van der Waals surface area contributed by atoms with Gasteiger partial charge in [0.2, 0.25) is 0 Å². The zero-order valence-electron chi connectivity index (χ0n) is 2.70. The van der Waals surface area contributed by atoms with Crippen molar-refractivity contribution in [2.45, 2.75) is 0 Å². The maximum absolute atomic E-state index is 9.26. The average molecular weight is 104 g/mol. The van der Waals surface area contributed by atoms with Crippen LogP contribution in [0.3, 0.4) is 0 Å². The third-order valence-electron chi connectivity index (χ3n) is 0.121. The molecule has 0 unspecified atom stereocenters. The van der Waals surface area contributed by atoms with Crippen LogP contribution in [0, 0.1) is 5.53 Å². The Morgan fingerprint density at radius 1 is 1.83 bits per heavy atom. The summed E-state index contributed by atoms with van der Waals surface area (Å²) in [5, 5.41) is 2.43. The Morgan fingerprint density at radius 3 is 2.67 bits per heavy atom. The van der Waals surface area contributed by atoms with Crippen molar-refractivity contribution < 1.29 is 4.57 Å². The summed E-state index contributed by atoms with van der Waals surface area (Å²) in [6.07, 6.45) is 0. The van der Waals surface area contributed by atoms with Gasteiger partial charge in [0.15, 0.2) is 0 Å². The third kappa shape index (κ3) is 3.43. The summed E-state index contributed by atoms with van der Waals surface area (Å²) in [4.78, 5) is 2.78. The molecule has 0 aliphatic heterocycles. The van der Waals surface area contributed by atoms with Crippen LogP contribution >= 0.6 is 8.25 Å². The quantitative estimate of drug-likeness (QED) is 0.323. The van der Waals surface area contributed by atoms with Crippen molar-refractivity contribution in [3.05, 3.63) is 5.53 Å². The van der Waals surface area contributed by atoms with Gasteiger partial charge in [0, 0.05) is 0 Å². The Labute approximate surface area is 35.1 Å². The molecule has 5 nitrogen and oxygen atoms in total. The molecule has 0 saturated carbocycles. The molecule has 1 N–H and O–H groups in total. The SMILES string of the molecule is N=N[N-]N=[P+]=O. The molecule has 0 amide bonds. The molecule has 0 aromatic heterocycles. The molecule has 0 bridgehead atoms. The molecule has 0 rings (SSSR count). The normalized spacial score (nSPS) is 6.00. The van der Waals surface area contributed by atoms with Crippen molar-refractivity contribution in [3.8, 4) is 0 Å². The zero-order valence-corrected chi connectivity index (χ0v) is 3.59. The molecule has 0 atom stereocenters. The Bertz CT molecular complexity index is 81.5. The van der Waals surface area contributed by atoms with Gasteiger partial charge in [0.1, 0.15) is 0 Å². The molecule has 0 aliphatic rings. The fourth-order valence-corrected chi connectivity index (χ4v) is 0.109. The summed E-state index contributed by atoms with van der Waals surface area (Å²) in [5.74, 6) is 0. The van der Waals surface area contributed by atoms with Crippen molar-refractivity contribution in [2.24, 2.45) is 10.1 Å². The van der Waals surface area contributed by atoms with Crippen LogP contribution in [0.4, 0.5) is 0 Å². The maximum atomic E-state index is 9.26. The van der Waals surface area contributed by atoms with Gasteiger partial charge in [-0.15, -0.1) is 0 Å². The van der Waals surface area contributed by atoms with E-state index in [2.05, 4.69) is 15.6 Å². The summed E-state index contributed by atoms with van der Waals surface area (Å²) >= 11 is 0. The van der Waals surface area contributed by atoms with Gasteiger partial charge in [-0.2, -0.15) is 0 Å². The van der Waals surface area contributed by atoms with Gasteiger partial charge in [-0.3, -0.25) is 0 Å². The first-order chi connectivity index (χ1) is 2.91. The van der Waals surface area contributed by atoms with Crippen LogP contribution in [-0.2, 0) is 4.57 Å². The van der Waals surface area contributed by atoms with Gasteiger partial charge in [-0.05, 0) is 0 Å². The van der Waals surface area contributed by atoms with Crippen LogP contribution in [0.5, 0.6) is 0 Å². The molecule has 0 aromatic rings. The van der Waals surface area contributed by atoms with Gasteiger partial charge in [-0.1, -0.05) is 0 Å².